The Labute approximate surface area is 153 Å². The van der Waals surface area contributed by atoms with Gasteiger partial charge in [0.15, 0.2) is 0 Å². The van der Waals surface area contributed by atoms with Crippen LogP contribution >= 0.6 is 11.3 Å². The molecule has 0 aliphatic carbocycles. The molecular weight excluding hydrogens is 330 g/mol. The molecule has 1 atom stereocenters. The van der Waals surface area contributed by atoms with Crippen LogP contribution in [0.25, 0.3) is 0 Å². The first-order valence-corrected chi connectivity index (χ1v) is 9.57. The molecule has 1 aliphatic heterocycles. The van der Waals surface area contributed by atoms with Gasteiger partial charge in [-0.3, -0.25) is 9.69 Å². The van der Waals surface area contributed by atoms with Crippen LogP contribution in [0.15, 0.2) is 35.7 Å². The molecule has 0 fully saturated rings. The second-order valence-corrected chi connectivity index (χ2v) is 7.42. The fourth-order valence-corrected chi connectivity index (χ4v) is 4.30. The average molecular weight is 353 g/mol. The number of carbonyl (C=O) groups is 1. The zero-order valence-corrected chi connectivity index (χ0v) is 15.6. The Hall–Kier alpha value is -2.16. The molecular formula is C20H23N3OS. The van der Waals surface area contributed by atoms with E-state index in [0.717, 1.165) is 25.1 Å². The lowest BCUT2D eigenvalue weighted by atomic mass is 10.0. The van der Waals surface area contributed by atoms with Crippen LogP contribution in [0.5, 0.6) is 0 Å². The molecule has 0 bridgehead atoms. The molecule has 0 saturated heterocycles. The van der Waals surface area contributed by atoms with Crippen molar-refractivity contribution in [3.8, 4) is 6.07 Å². The van der Waals surface area contributed by atoms with Crippen LogP contribution < -0.4 is 0 Å². The minimum Gasteiger partial charge on any atom is -0.335 e. The standard InChI is InChI=1S/C20H23N3OS/c1-3-23(15(2)17-6-4-16(12-21)5-7-17)20(24)14-22-10-8-19-18(13-22)9-11-25-19/h4-7,9,11,15H,3,8,10,13-14H2,1-2H3/t15-/m0/s1. The summed E-state index contributed by atoms with van der Waals surface area (Å²) in [6, 6.07) is 11.8. The largest absolute Gasteiger partial charge is 0.335 e. The van der Waals surface area contributed by atoms with Crippen molar-refractivity contribution >= 4 is 17.2 Å². The van der Waals surface area contributed by atoms with E-state index in [0.29, 0.717) is 18.7 Å². The number of nitrogens with zero attached hydrogens (tertiary/aromatic N) is 3. The summed E-state index contributed by atoms with van der Waals surface area (Å²) >= 11 is 1.82. The van der Waals surface area contributed by atoms with Gasteiger partial charge in [-0.2, -0.15) is 5.26 Å². The van der Waals surface area contributed by atoms with E-state index in [9.17, 15) is 4.79 Å². The van der Waals surface area contributed by atoms with Crippen molar-refractivity contribution in [1.82, 2.24) is 9.80 Å². The predicted octanol–water partition coefficient (Wildman–Crippen LogP) is 3.59. The molecule has 1 aliphatic rings. The zero-order valence-electron chi connectivity index (χ0n) is 14.7. The highest BCUT2D eigenvalue weighted by molar-refractivity contribution is 7.10. The van der Waals surface area contributed by atoms with Gasteiger partial charge in [0, 0.05) is 24.5 Å². The first kappa shape index (κ1) is 17.7. The van der Waals surface area contributed by atoms with Gasteiger partial charge in [-0.25, -0.2) is 0 Å². The van der Waals surface area contributed by atoms with Crippen molar-refractivity contribution < 1.29 is 4.79 Å². The average Bonchev–Trinajstić information content (AvgIpc) is 3.10. The number of likely N-dealkylation sites (N-methyl/N-ethyl adjacent to an activating group) is 1. The molecule has 0 saturated carbocycles. The van der Waals surface area contributed by atoms with Crippen molar-refractivity contribution in [2.45, 2.75) is 32.9 Å². The Morgan fingerprint density at radius 3 is 2.80 bits per heavy atom. The number of carbonyl (C=O) groups excluding carboxylic acids is 1. The maximum Gasteiger partial charge on any atom is 0.237 e. The molecule has 0 radical (unpaired) electrons. The first-order valence-electron chi connectivity index (χ1n) is 8.69. The summed E-state index contributed by atoms with van der Waals surface area (Å²) in [4.78, 5) is 18.5. The molecule has 130 valence electrons. The number of rotatable bonds is 5. The van der Waals surface area contributed by atoms with Gasteiger partial charge >= 0.3 is 0 Å². The molecule has 1 aromatic carbocycles. The third-order valence-electron chi connectivity index (χ3n) is 4.90. The monoisotopic (exact) mass is 353 g/mol. The van der Waals surface area contributed by atoms with Crippen LogP contribution in [-0.4, -0.2) is 35.3 Å². The number of hydrogen-bond acceptors (Lipinski definition) is 4. The van der Waals surface area contributed by atoms with E-state index in [-0.39, 0.29) is 11.9 Å². The van der Waals surface area contributed by atoms with Crippen molar-refractivity contribution in [3.05, 3.63) is 57.3 Å². The highest BCUT2D eigenvalue weighted by Gasteiger charge is 2.24. The van der Waals surface area contributed by atoms with Crippen LogP contribution in [0.4, 0.5) is 0 Å². The van der Waals surface area contributed by atoms with Crippen LogP contribution in [-0.2, 0) is 17.8 Å². The normalized spacial score (nSPS) is 15.2. The second kappa shape index (κ2) is 7.81. The Kier molecular flexibility index (Phi) is 5.52. The minimum absolute atomic E-state index is 0.00624. The maximum absolute atomic E-state index is 12.9. The molecule has 1 amide bonds. The molecule has 0 spiro atoms. The lowest BCUT2D eigenvalue weighted by Gasteiger charge is -2.32. The van der Waals surface area contributed by atoms with Gasteiger partial charge < -0.3 is 4.90 Å². The summed E-state index contributed by atoms with van der Waals surface area (Å²) in [6.45, 7) is 7.03. The van der Waals surface area contributed by atoms with Crippen molar-refractivity contribution in [1.29, 1.82) is 5.26 Å². The molecule has 2 heterocycles. The topological polar surface area (TPSA) is 47.3 Å². The Bertz CT molecular complexity index is 775. The van der Waals surface area contributed by atoms with Crippen LogP contribution in [0.1, 0.15) is 41.5 Å². The molecule has 5 heteroatoms. The molecule has 0 N–H and O–H groups in total. The number of benzene rings is 1. The van der Waals surface area contributed by atoms with Gasteiger partial charge in [-0.1, -0.05) is 12.1 Å². The van der Waals surface area contributed by atoms with E-state index >= 15 is 0 Å². The summed E-state index contributed by atoms with van der Waals surface area (Å²) in [5.41, 5.74) is 3.07. The predicted molar refractivity (Wildman–Crippen MR) is 100 cm³/mol. The number of hydrogen-bond donors (Lipinski definition) is 0. The fourth-order valence-electron chi connectivity index (χ4n) is 3.41. The Morgan fingerprint density at radius 1 is 1.36 bits per heavy atom. The van der Waals surface area contributed by atoms with Gasteiger partial charge in [-0.05, 0) is 55.0 Å². The molecule has 25 heavy (non-hydrogen) atoms. The maximum atomic E-state index is 12.9. The number of nitriles is 1. The second-order valence-electron chi connectivity index (χ2n) is 6.42. The molecule has 3 rings (SSSR count). The fraction of sp³-hybridized carbons (Fsp3) is 0.400. The van der Waals surface area contributed by atoms with Gasteiger partial charge in [0.05, 0.1) is 24.2 Å². The Morgan fingerprint density at radius 2 is 2.12 bits per heavy atom. The van der Waals surface area contributed by atoms with E-state index in [1.165, 1.54) is 10.4 Å². The summed E-state index contributed by atoms with van der Waals surface area (Å²) in [6.07, 6.45) is 1.04. The van der Waals surface area contributed by atoms with E-state index in [1.807, 2.05) is 47.4 Å². The van der Waals surface area contributed by atoms with Gasteiger partial charge in [0.25, 0.3) is 0 Å². The molecule has 0 unspecified atom stereocenters. The number of fused-ring (bicyclic) bond motifs is 1. The van der Waals surface area contributed by atoms with Gasteiger partial charge in [0.1, 0.15) is 0 Å². The Balaban J connectivity index is 1.65. The third kappa shape index (κ3) is 3.92. The van der Waals surface area contributed by atoms with Crippen molar-refractivity contribution in [3.63, 3.8) is 0 Å². The zero-order chi connectivity index (χ0) is 17.8. The van der Waals surface area contributed by atoms with Crippen molar-refractivity contribution in [2.24, 2.45) is 0 Å². The highest BCUT2D eigenvalue weighted by Crippen LogP contribution is 2.25. The summed E-state index contributed by atoms with van der Waals surface area (Å²) in [5.74, 6) is 0.165. The summed E-state index contributed by atoms with van der Waals surface area (Å²) < 4.78 is 0. The van der Waals surface area contributed by atoms with Crippen LogP contribution in [0, 0.1) is 11.3 Å². The number of thiophene rings is 1. The lowest BCUT2D eigenvalue weighted by molar-refractivity contribution is -0.134. The SMILES string of the molecule is CCN(C(=O)CN1CCc2sccc2C1)[C@@H](C)c1ccc(C#N)cc1. The van der Waals surface area contributed by atoms with E-state index in [2.05, 4.69) is 29.3 Å². The van der Waals surface area contributed by atoms with E-state index in [4.69, 9.17) is 5.26 Å². The summed E-state index contributed by atoms with van der Waals surface area (Å²) in [5, 5.41) is 11.1. The summed E-state index contributed by atoms with van der Waals surface area (Å²) in [7, 11) is 0. The highest BCUT2D eigenvalue weighted by atomic mass is 32.1. The van der Waals surface area contributed by atoms with Crippen LogP contribution in [0.2, 0.25) is 0 Å². The lowest BCUT2D eigenvalue weighted by Crippen LogP contribution is -2.42. The van der Waals surface area contributed by atoms with Crippen LogP contribution in [0.3, 0.4) is 0 Å². The quantitative estimate of drug-likeness (QED) is 0.825. The number of amides is 1. The van der Waals surface area contributed by atoms with Gasteiger partial charge in [-0.15, -0.1) is 11.3 Å². The first-order chi connectivity index (χ1) is 12.1. The van der Waals surface area contributed by atoms with Crippen molar-refractivity contribution in [2.75, 3.05) is 19.6 Å². The van der Waals surface area contributed by atoms with E-state index < -0.39 is 0 Å². The minimum atomic E-state index is 0.00624. The third-order valence-corrected chi connectivity index (χ3v) is 5.92. The molecule has 2 aromatic rings. The van der Waals surface area contributed by atoms with E-state index in [1.54, 1.807) is 0 Å². The molecule has 4 nitrogen and oxygen atoms in total. The smallest absolute Gasteiger partial charge is 0.237 e. The molecule has 1 aromatic heterocycles. The van der Waals surface area contributed by atoms with Gasteiger partial charge in [0.2, 0.25) is 5.91 Å².